The maximum atomic E-state index is 13.2. The third-order valence-corrected chi connectivity index (χ3v) is 8.94. The van der Waals surface area contributed by atoms with E-state index in [-0.39, 0.29) is 6.10 Å². The molecular formula is C34H35ClN4O4. The van der Waals surface area contributed by atoms with Crippen LogP contribution in [0.3, 0.4) is 0 Å². The predicted molar refractivity (Wildman–Crippen MR) is 165 cm³/mol. The van der Waals surface area contributed by atoms with Crippen molar-refractivity contribution in [2.75, 3.05) is 19.6 Å². The number of aliphatic hydroxyl groups is 1. The minimum Gasteiger partial charge on any atom is -0.489 e. The number of carbonyl (C=O) groups excluding carboxylic acids is 2. The van der Waals surface area contributed by atoms with Crippen LogP contribution in [0.1, 0.15) is 66.6 Å². The van der Waals surface area contributed by atoms with E-state index in [9.17, 15) is 14.7 Å². The lowest BCUT2D eigenvalue weighted by Gasteiger charge is -2.28. The van der Waals surface area contributed by atoms with Gasteiger partial charge in [-0.3, -0.25) is 14.3 Å². The Morgan fingerprint density at radius 1 is 0.977 bits per heavy atom. The van der Waals surface area contributed by atoms with Crippen LogP contribution in [-0.4, -0.2) is 63.3 Å². The standard InChI is InChI=1S/C34H35ClN4O4/c35-28-17-24(9-14-31(28)43-27-12-13-27)32(40)29(20-38-15-1-2-16-38)37-34(42)33(41)22-5-3-21(4-6-22)23-7-8-25-19-36-39(26-10-11-26)30(25)18-23/h3-9,14,17-19,26-27,29,32,40H,1-2,10-13,15-16,20H2,(H,37,42). The van der Waals surface area contributed by atoms with Gasteiger partial charge in [0.2, 0.25) is 5.78 Å². The molecule has 0 bridgehead atoms. The molecule has 4 aromatic rings. The van der Waals surface area contributed by atoms with Crippen LogP contribution >= 0.6 is 11.6 Å². The molecule has 3 fully saturated rings. The fraction of sp³-hybridized carbons (Fsp3) is 0.382. The highest BCUT2D eigenvalue weighted by Gasteiger charge is 2.30. The Hall–Kier alpha value is -3.72. The molecule has 1 aliphatic heterocycles. The number of hydrogen-bond acceptors (Lipinski definition) is 6. The zero-order valence-corrected chi connectivity index (χ0v) is 24.7. The van der Waals surface area contributed by atoms with Crippen LogP contribution in [0.25, 0.3) is 22.0 Å². The first-order valence-electron chi connectivity index (χ1n) is 15.2. The quantitative estimate of drug-likeness (QED) is 0.169. The molecule has 2 unspecified atom stereocenters. The zero-order valence-electron chi connectivity index (χ0n) is 23.9. The van der Waals surface area contributed by atoms with Crippen LogP contribution in [0, 0.1) is 0 Å². The molecule has 2 saturated carbocycles. The number of likely N-dealkylation sites (tertiary alicyclic amines) is 1. The van der Waals surface area contributed by atoms with Crippen molar-refractivity contribution in [1.82, 2.24) is 20.0 Å². The smallest absolute Gasteiger partial charge is 0.292 e. The largest absolute Gasteiger partial charge is 0.489 e. The molecule has 2 heterocycles. The summed E-state index contributed by atoms with van der Waals surface area (Å²) in [6.07, 6.45) is 7.54. The highest BCUT2D eigenvalue weighted by Crippen LogP contribution is 2.38. The van der Waals surface area contributed by atoms with Gasteiger partial charge >= 0.3 is 0 Å². The fourth-order valence-corrected chi connectivity index (χ4v) is 6.10. The number of benzene rings is 3. The normalized spacial score (nSPS) is 18.5. The molecule has 9 heteroatoms. The topological polar surface area (TPSA) is 96.7 Å². The van der Waals surface area contributed by atoms with Crippen LogP contribution in [-0.2, 0) is 4.79 Å². The van der Waals surface area contributed by atoms with E-state index in [0.29, 0.717) is 34.5 Å². The predicted octanol–water partition coefficient (Wildman–Crippen LogP) is 5.73. The van der Waals surface area contributed by atoms with Gasteiger partial charge in [-0.2, -0.15) is 5.10 Å². The Bertz CT molecular complexity index is 1650. The van der Waals surface area contributed by atoms with E-state index in [1.165, 1.54) is 0 Å². The minimum absolute atomic E-state index is 0.205. The number of hydrogen-bond donors (Lipinski definition) is 2. The second-order valence-corrected chi connectivity index (χ2v) is 12.4. The number of nitrogens with zero attached hydrogens (tertiary/aromatic N) is 3. The van der Waals surface area contributed by atoms with E-state index in [4.69, 9.17) is 16.3 Å². The molecule has 1 aromatic heterocycles. The third kappa shape index (κ3) is 6.18. The van der Waals surface area contributed by atoms with Gasteiger partial charge in [0.15, 0.2) is 0 Å². The second-order valence-electron chi connectivity index (χ2n) is 12.0. The number of aromatic nitrogens is 2. The maximum absolute atomic E-state index is 13.2. The Morgan fingerprint density at radius 3 is 2.42 bits per heavy atom. The van der Waals surface area contributed by atoms with Crippen molar-refractivity contribution in [3.05, 3.63) is 83.0 Å². The number of Topliss-reactive ketones (excluding diaryl/α,β-unsaturated/α-hetero) is 1. The summed E-state index contributed by atoms with van der Waals surface area (Å²) in [5.41, 5.74) is 3.95. The van der Waals surface area contributed by atoms with Crippen LogP contribution in [0.5, 0.6) is 5.75 Å². The number of carbonyl (C=O) groups is 2. The van der Waals surface area contributed by atoms with E-state index in [2.05, 4.69) is 32.1 Å². The minimum atomic E-state index is -1.05. The first kappa shape index (κ1) is 28.1. The molecular weight excluding hydrogens is 564 g/mol. The first-order chi connectivity index (χ1) is 20.9. The molecule has 8 nitrogen and oxygen atoms in total. The Labute approximate surface area is 255 Å². The fourth-order valence-electron chi connectivity index (χ4n) is 5.87. The molecule has 3 aromatic carbocycles. The average molecular weight is 599 g/mol. The Morgan fingerprint density at radius 2 is 1.72 bits per heavy atom. The van der Waals surface area contributed by atoms with Gasteiger partial charge in [0, 0.05) is 17.5 Å². The van der Waals surface area contributed by atoms with Crippen molar-refractivity contribution >= 4 is 34.2 Å². The van der Waals surface area contributed by atoms with Gasteiger partial charge in [-0.1, -0.05) is 54.1 Å². The van der Waals surface area contributed by atoms with E-state index in [1.54, 1.807) is 30.3 Å². The van der Waals surface area contributed by atoms with Crippen molar-refractivity contribution in [3.63, 3.8) is 0 Å². The first-order valence-corrected chi connectivity index (χ1v) is 15.6. The molecule has 1 saturated heterocycles. The summed E-state index contributed by atoms with van der Waals surface area (Å²) in [5, 5.41) is 20.3. The molecule has 7 rings (SSSR count). The SMILES string of the molecule is O=C(NC(CN1CCCC1)C(O)c1ccc(OC2CC2)c(Cl)c1)C(=O)c1ccc(-c2ccc3cnn(C4CC4)c3c2)cc1. The lowest BCUT2D eigenvalue weighted by atomic mass is 9.99. The highest BCUT2D eigenvalue weighted by atomic mass is 35.5. The molecule has 2 N–H and O–H groups in total. The van der Waals surface area contributed by atoms with Crippen LogP contribution in [0.15, 0.2) is 66.9 Å². The van der Waals surface area contributed by atoms with Crippen molar-refractivity contribution in [2.24, 2.45) is 0 Å². The number of nitrogens with one attached hydrogen (secondary N) is 1. The summed E-state index contributed by atoms with van der Waals surface area (Å²) < 4.78 is 7.93. The van der Waals surface area contributed by atoms with Gasteiger partial charge < -0.3 is 20.1 Å². The Kier molecular flexibility index (Phi) is 7.67. The molecule has 43 heavy (non-hydrogen) atoms. The van der Waals surface area contributed by atoms with Gasteiger partial charge in [-0.05, 0) is 86.5 Å². The molecule has 0 spiro atoms. The molecule has 2 atom stereocenters. The van der Waals surface area contributed by atoms with Crippen molar-refractivity contribution in [3.8, 4) is 16.9 Å². The second kappa shape index (κ2) is 11.8. The number of aliphatic hydroxyl groups excluding tert-OH is 1. The molecule has 0 radical (unpaired) electrons. The van der Waals surface area contributed by atoms with Crippen molar-refractivity contribution < 1.29 is 19.4 Å². The third-order valence-electron chi connectivity index (χ3n) is 8.64. The van der Waals surface area contributed by atoms with Gasteiger partial charge in [-0.15, -0.1) is 0 Å². The summed E-state index contributed by atoms with van der Waals surface area (Å²) in [6, 6.07) is 18.3. The van der Waals surface area contributed by atoms with Gasteiger partial charge in [-0.25, -0.2) is 0 Å². The average Bonchev–Trinajstić information content (AvgIpc) is 3.95. The summed E-state index contributed by atoms with van der Waals surface area (Å²) in [5.74, 6) is -0.795. The van der Waals surface area contributed by atoms with Gasteiger partial charge in [0.25, 0.3) is 5.91 Å². The molecule has 3 aliphatic rings. The lowest BCUT2D eigenvalue weighted by Crippen LogP contribution is -2.48. The van der Waals surface area contributed by atoms with Crippen molar-refractivity contribution in [2.45, 2.75) is 62.8 Å². The van der Waals surface area contributed by atoms with Gasteiger partial charge in [0.05, 0.1) is 34.9 Å². The van der Waals surface area contributed by atoms with E-state index < -0.39 is 23.8 Å². The number of ketones is 1. The van der Waals surface area contributed by atoms with Crippen LogP contribution in [0.4, 0.5) is 0 Å². The van der Waals surface area contributed by atoms with Crippen LogP contribution < -0.4 is 10.1 Å². The highest BCUT2D eigenvalue weighted by molar-refractivity contribution is 6.42. The van der Waals surface area contributed by atoms with E-state index >= 15 is 0 Å². The molecule has 1 amide bonds. The van der Waals surface area contributed by atoms with Crippen LogP contribution in [0.2, 0.25) is 5.02 Å². The summed E-state index contributed by atoms with van der Waals surface area (Å²) >= 11 is 6.47. The van der Waals surface area contributed by atoms with Crippen molar-refractivity contribution in [1.29, 1.82) is 0 Å². The lowest BCUT2D eigenvalue weighted by molar-refractivity contribution is -0.118. The zero-order chi connectivity index (χ0) is 29.5. The molecule has 222 valence electrons. The maximum Gasteiger partial charge on any atom is 0.292 e. The summed E-state index contributed by atoms with van der Waals surface area (Å²) in [6.45, 7) is 2.20. The van der Waals surface area contributed by atoms with Gasteiger partial charge in [0.1, 0.15) is 11.9 Å². The van der Waals surface area contributed by atoms with E-state index in [1.807, 2.05) is 24.4 Å². The summed E-state index contributed by atoms with van der Waals surface area (Å²) in [4.78, 5) is 28.7. The number of halogens is 1. The number of fused-ring (bicyclic) bond motifs is 1. The number of ether oxygens (including phenoxy) is 1. The number of rotatable bonds is 11. The Balaban J connectivity index is 1.06. The molecule has 2 aliphatic carbocycles. The number of amides is 1. The monoisotopic (exact) mass is 598 g/mol. The summed E-state index contributed by atoms with van der Waals surface area (Å²) in [7, 11) is 0. The van der Waals surface area contributed by atoms with E-state index in [0.717, 1.165) is 73.6 Å².